The number of nitrogens with one attached hydrogen (secondary N) is 1. The molecular weight excluding hydrogens is 324 g/mol. The van der Waals surface area contributed by atoms with Crippen LogP contribution in [0.4, 0.5) is 5.13 Å². The van der Waals surface area contributed by atoms with Gasteiger partial charge in [-0.15, -0.1) is 0 Å². The Morgan fingerprint density at radius 3 is 3.06 bits per heavy atom. The Morgan fingerprint density at radius 2 is 2.39 bits per heavy atom. The third-order valence-corrected chi connectivity index (χ3v) is 7.58. The Balaban J connectivity index is 1.58. The van der Waals surface area contributed by atoms with Crippen LogP contribution in [0.2, 0.25) is 0 Å². The van der Waals surface area contributed by atoms with Gasteiger partial charge in [-0.25, -0.2) is 0 Å². The summed E-state index contributed by atoms with van der Waals surface area (Å²) in [4.78, 5) is 11.6. The van der Waals surface area contributed by atoms with Gasteiger partial charge < -0.3 is 5.32 Å². The highest BCUT2D eigenvalue weighted by Crippen LogP contribution is 2.39. The SMILES string of the molecule is O=C(CCCCC1CCSS1)Nc1nsc(=S)s1. The van der Waals surface area contributed by atoms with Crippen LogP contribution in [0.5, 0.6) is 0 Å². The number of rotatable bonds is 6. The van der Waals surface area contributed by atoms with Crippen LogP contribution in [0.25, 0.3) is 0 Å². The van der Waals surface area contributed by atoms with Gasteiger partial charge in [-0.1, -0.05) is 51.6 Å². The van der Waals surface area contributed by atoms with Crippen LogP contribution in [-0.4, -0.2) is 21.3 Å². The fraction of sp³-hybridized carbons (Fsp3) is 0.700. The fourth-order valence-electron chi connectivity index (χ4n) is 1.65. The van der Waals surface area contributed by atoms with Gasteiger partial charge in [0.05, 0.1) is 0 Å². The van der Waals surface area contributed by atoms with E-state index < -0.39 is 0 Å². The van der Waals surface area contributed by atoms with Crippen molar-refractivity contribution in [1.82, 2.24) is 4.37 Å². The van der Waals surface area contributed by atoms with Gasteiger partial charge in [-0.3, -0.25) is 4.79 Å². The van der Waals surface area contributed by atoms with E-state index in [4.69, 9.17) is 12.2 Å². The van der Waals surface area contributed by atoms with E-state index in [1.54, 1.807) is 0 Å². The van der Waals surface area contributed by atoms with Crippen molar-refractivity contribution < 1.29 is 4.79 Å². The molecule has 0 saturated carbocycles. The molecule has 0 aliphatic carbocycles. The van der Waals surface area contributed by atoms with Crippen molar-refractivity contribution in [3.8, 4) is 0 Å². The molecule has 0 aromatic carbocycles. The second-order valence-corrected chi connectivity index (χ2v) is 9.71. The zero-order valence-electron chi connectivity index (χ0n) is 9.72. The lowest BCUT2D eigenvalue weighted by atomic mass is 10.1. The Morgan fingerprint density at radius 1 is 1.50 bits per heavy atom. The smallest absolute Gasteiger partial charge is 0.226 e. The molecule has 100 valence electrons. The number of amides is 1. The second-order valence-electron chi connectivity index (χ2n) is 3.96. The summed E-state index contributed by atoms with van der Waals surface area (Å²) in [7, 11) is 3.98. The molecule has 1 unspecified atom stereocenters. The number of carbonyl (C=O) groups is 1. The molecule has 0 bridgehead atoms. The summed E-state index contributed by atoms with van der Waals surface area (Å²) in [5.74, 6) is 1.34. The predicted molar refractivity (Wildman–Crippen MR) is 86.4 cm³/mol. The lowest BCUT2D eigenvalue weighted by Gasteiger charge is -2.06. The van der Waals surface area contributed by atoms with Gasteiger partial charge >= 0.3 is 0 Å². The molecule has 1 saturated heterocycles. The number of anilines is 1. The highest BCUT2D eigenvalue weighted by molar-refractivity contribution is 8.77. The summed E-state index contributed by atoms with van der Waals surface area (Å²) in [6.07, 6.45) is 5.24. The molecule has 1 aromatic heterocycles. The summed E-state index contributed by atoms with van der Waals surface area (Å²) in [5, 5.41) is 4.24. The van der Waals surface area contributed by atoms with Crippen molar-refractivity contribution in [2.24, 2.45) is 0 Å². The van der Waals surface area contributed by atoms with Crippen LogP contribution in [-0.2, 0) is 4.79 Å². The van der Waals surface area contributed by atoms with Crippen LogP contribution < -0.4 is 5.32 Å². The van der Waals surface area contributed by atoms with E-state index in [0.717, 1.165) is 21.2 Å². The van der Waals surface area contributed by atoms with Crippen molar-refractivity contribution in [2.45, 2.75) is 37.4 Å². The fourth-order valence-corrected chi connectivity index (χ4v) is 6.31. The molecule has 3 nitrogen and oxygen atoms in total. The van der Waals surface area contributed by atoms with Crippen LogP contribution >= 0.6 is 56.7 Å². The van der Waals surface area contributed by atoms with E-state index in [1.165, 1.54) is 41.5 Å². The highest BCUT2D eigenvalue weighted by atomic mass is 33.1. The van der Waals surface area contributed by atoms with Gasteiger partial charge in [0.1, 0.15) is 0 Å². The Kier molecular flexibility index (Phi) is 6.43. The third kappa shape index (κ3) is 5.16. The second kappa shape index (κ2) is 7.84. The van der Waals surface area contributed by atoms with Crippen LogP contribution in [0, 0.1) is 3.14 Å². The summed E-state index contributed by atoms with van der Waals surface area (Å²) in [6.45, 7) is 0. The number of unbranched alkanes of at least 4 members (excludes halogenated alkanes) is 1. The van der Waals surface area contributed by atoms with Crippen molar-refractivity contribution in [3.63, 3.8) is 0 Å². The first kappa shape index (κ1) is 14.8. The summed E-state index contributed by atoms with van der Waals surface area (Å²) < 4.78 is 4.82. The minimum atomic E-state index is 0.0556. The van der Waals surface area contributed by atoms with E-state index in [-0.39, 0.29) is 5.91 Å². The van der Waals surface area contributed by atoms with Crippen molar-refractivity contribution in [2.75, 3.05) is 11.1 Å². The average molecular weight is 339 g/mol. The van der Waals surface area contributed by atoms with Crippen LogP contribution in [0.15, 0.2) is 0 Å². The normalized spacial score (nSPS) is 19.0. The third-order valence-electron chi connectivity index (χ3n) is 2.54. The molecule has 2 rings (SSSR count). The minimum absolute atomic E-state index is 0.0556. The first-order chi connectivity index (χ1) is 8.74. The number of hydrogen-bond acceptors (Lipinski definition) is 7. The molecule has 1 aliphatic rings. The van der Waals surface area contributed by atoms with Gasteiger partial charge in [0.2, 0.25) is 11.0 Å². The maximum atomic E-state index is 11.6. The van der Waals surface area contributed by atoms with Gasteiger partial charge in [-0.05, 0) is 30.8 Å². The topological polar surface area (TPSA) is 42.0 Å². The van der Waals surface area contributed by atoms with E-state index in [9.17, 15) is 4.79 Å². The molecule has 2 heterocycles. The van der Waals surface area contributed by atoms with Crippen molar-refractivity contribution in [3.05, 3.63) is 3.14 Å². The standard InChI is InChI=1S/C10H14N2OS5/c13-8(11-9-12-17-10(14)16-9)4-2-1-3-7-5-6-15-18-7/h7H,1-6H2,(H,11,12,13). The largest absolute Gasteiger partial charge is 0.301 e. The van der Waals surface area contributed by atoms with Gasteiger partial charge in [-0.2, -0.15) is 4.37 Å². The molecule has 0 radical (unpaired) electrons. The average Bonchev–Trinajstić information content (AvgIpc) is 2.96. The summed E-state index contributed by atoms with van der Waals surface area (Å²) >= 11 is 7.59. The maximum Gasteiger partial charge on any atom is 0.226 e. The zero-order chi connectivity index (χ0) is 12.8. The molecular formula is C10H14N2OS5. The Bertz CT molecular complexity index is 437. The number of hydrogen-bond donors (Lipinski definition) is 1. The molecule has 1 aromatic rings. The molecule has 1 fully saturated rings. The van der Waals surface area contributed by atoms with Gasteiger partial charge in [0, 0.05) is 17.4 Å². The molecule has 0 spiro atoms. The van der Waals surface area contributed by atoms with Gasteiger partial charge in [0.15, 0.2) is 3.14 Å². The Hall–Kier alpha value is 0.370. The molecule has 1 N–H and O–H groups in total. The molecule has 1 aliphatic heterocycles. The van der Waals surface area contributed by atoms with Crippen molar-refractivity contribution in [1.29, 1.82) is 0 Å². The van der Waals surface area contributed by atoms with E-state index in [0.29, 0.717) is 11.6 Å². The van der Waals surface area contributed by atoms with Crippen molar-refractivity contribution >= 4 is 67.7 Å². The first-order valence-corrected chi connectivity index (χ1v) is 10.2. The molecule has 8 heteroatoms. The number of nitrogens with zero attached hydrogens (tertiary/aromatic N) is 1. The zero-order valence-corrected chi connectivity index (χ0v) is 13.8. The first-order valence-electron chi connectivity index (χ1n) is 5.79. The summed E-state index contributed by atoms with van der Waals surface area (Å²) in [6, 6.07) is 0. The lowest BCUT2D eigenvalue weighted by Crippen LogP contribution is -2.10. The Labute approximate surface area is 128 Å². The summed E-state index contributed by atoms with van der Waals surface area (Å²) in [5.41, 5.74) is 0. The van der Waals surface area contributed by atoms with Crippen LogP contribution in [0.1, 0.15) is 32.1 Å². The maximum absolute atomic E-state index is 11.6. The highest BCUT2D eigenvalue weighted by Gasteiger charge is 2.15. The lowest BCUT2D eigenvalue weighted by molar-refractivity contribution is -0.116. The number of carbonyl (C=O) groups excluding carboxylic acids is 1. The van der Waals surface area contributed by atoms with E-state index in [2.05, 4.69) is 9.69 Å². The molecule has 1 amide bonds. The minimum Gasteiger partial charge on any atom is -0.301 e. The van der Waals surface area contributed by atoms with Gasteiger partial charge in [0.25, 0.3) is 0 Å². The van der Waals surface area contributed by atoms with E-state index in [1.807, 2.05) is 21.6 Å². The van der Waals surface area contributed by atoms with Crippen LogP contribution in [0.3, 0.4) is 0 Å². The quantitative estimate of drug-likeness (QED) is 0.467. The molecule has 18 heavy (non-hydrogen) atoms. The monoisotopic (exact) mass is 338 g/mol. The predicted octanol–water partition coefficient (Wildman–Crippen LogP) is 4.59. The molecule has 1 atom stereocenters. The number of aromatic nitrogens is 1. The van der Waals surface area contributed by atoms with E-state index >= 15 is 0 Å².